The molecule has 0 radical (unpaired) electrons. The van der Waals surface area contributed by atoms with Crippen molar-refractivity contribution in [1.82, 2.24) is 15.1 Å². The first-order valence-electron chi connectivity index (χ1n) is 7.50. The van der Waals surface area contributed by atoms with Crippen molar-refractivity contribution in [2.24, 2.45) is 0 Å². The number of amides is 1. The molecule has 0 saturated carbocycles. The molecule has 0 bridgehead atoms. The summed E-state index contributed by atoms with van der Waals surface area (Å²) in [6.45, 7) is 0. The number of hydrogen-bond donors (Lipinski definition) is 2. The highest BCUT2D eigenvalue weighted by Gasteiger charge is 2.22. The first kappa shape index (κ1) is 15.0. The molecule has 1 aromatic heterocycles. The zero-order chi connectivity index (χ0) is 16.2. The Morgan fingerprint density at radius 1 is 1.22 bits per heavy atom. The lowest BCUT2D eigenvalue weighted by Gasteiger charge is -2.19. The minimum atomic E-state index is -1.16. The van der Waals surface area contributed by atoms with E-state index in [9.17, 15) is 9.59 Å². The molecular formula is C17H17N3O3. The van der Waals surface area contributed by atoms with Crippen LogP contribution in [0, 0.1) is 0 Å². The standard InChI is InChI=1S/C17H17N3O3/c21-16(18-12-7-3-1-4-8-12)15-11-14(17(22)23)19-20(15)13-9-5-2-6-10-13/h1-3,5-6,9-12H,4,7-8H2,(H,18,21)(H,22,23)/t12-/m1/s1. The Bertz CT molecular complexity index is 750. The van der Waals surface area contributed by atoms with Gasteiger partial charge in [-0.25, -0.2) is 9.48 Å². The zero-order valence-corrected chi connectivity index (χ0v) is 12.5. The lowest BCUT2D eigenvalue weighted by Crippen LogP contribution is -2.36. The highest BCUT2D eigenvalue weighted by molar-refractivity contribution is 5.96. The molecule has 0 unspecified atom stereocenters. The van der Waals surface area contributed by atoms with Crippen LogP contribution in [0.2, 0.25) is 0 Å². The summed E-state index contributed by atoms with van der Waals surface area (Å²) in [7, 11) is 0. The molecule has 0 spiro atoms. The van der Waals surface area contributed by atoms with Crippen LogP contribution in [0.25, 0.3) is 5.69 Å². The van der Waals surface area contributed by atoms with Gasteiger partial charge in [0.2, 0.25) is 0 Å². The maximum atomic E-state index is 12.6. The minimum Gasteiger partial charge on any atom is -0.476 e. The summed E-state index contributed by atoms with van der Waals surface area (Å²) < 4.78 is 1.37. The average molecular weight is 311 g/mol. The predicted octanol–water partition coefficient (Wildman–Crippen LogP) is 2.41. The fourth-order valence-corrected chi connectivity index (χ4v) is 2.60. The second-order valence-corrected chi connectivity index (χ2v) is 5.42. The van der Waals surface area contributed by atoms with Crippen molar-refractivity contribution in [2.45, 2.75) is 25.3 Å². The first-order chi connectivity index (χ1) is 11.1. The molecule has 1 atom stereocenters. The second kappa shape index (κ2) is 6.48. The topological polar surface area (TPSA) is 84.2 Å². The van der Waals surface area contributed by atoms with E-state index in [0.717, 1.165) is 19.3 Å². The quantitative estimate of drug-likeness (QED) is 0.849. The molecule has 0 aliphatic heterocycles. The van der Waals surface area contributed by atoms with Gasteiger partial charge in [-0.2, -0.15) is 5.10 Å². The molecule has 3 rings (SSSR count). The number of para-hydroxylation sites is 1. The maximum absolute atomic E-state index is 12.6. The Morgan fingerprint density at radius 2 is 2.00 bits per heavy atom. The summed E-state index contributed by atoms with van der Waals surface area (Å²) in [5.74, 6) is -1.47. The van der Waals surface area contributed by atoms with Crippen molar-refractivity contribution in [2.75, 3.05) is 0 Å². The van der Waals surface area contributed by atoms with E-state index in [1.807, 2.05) is 24.3 Å². The minimum absolute atomic E-state index is 0.0694. The van der Waals surface area contributed by atoms with Crippen molar-refractivity contribution in [3.8, 4) is 5.69 Å². The van der Waals surface area contributed by atoms with Crippen LogP contribution in [0.3, 0.4) is 0 Å². The third-order valence-corrected chi connectivity index (χ3v) is 3.77. The monoisotopic (exact) mass is 311 g/mol. The number of aromatic nitrogens is 2. The van der Waals surface area contributed by atoms with E-state index in [2.05, 4.69) is 16.5 Å². The number of carboxylic acids is 1. The fraction of sp³-hybridized carbons (Fsp3) is 0.235. The summed E-state index contributed by atoms with van der Waals surface area (Å²) in [6, 6.07) is 10.4. The Hall–Kier alpha value is -2.89. The molecule has 1 aliphatic carbocycles. The van der Waals surface area contributed by atoms with E-state index >= 15 is 0 Å². The van der Waals surface area contributed by atoms with Crippen molar-refractivity contribution in [3.05, 3.63) is 59.9 Å². The second-order valence-electron chi connectivity index (χ2n) is 5.42. The first-order valence-corrected chi connectivity index (χ1v) is 7.50. The van der Waals surface area contributed by atoms with Gasteiger partial charge in [0.1, 0.15) is 5.69 Å². The number of carbonyl (C=O) groups is 2. The molecule has 2 N–H and O–H groups in total. The number of allylic oxidation sites excluding steroid dienone is 1. The molecule has 6 heteroatoms. The average Bonchev–Trinajstić information content (AvgIpc) is 3.02. The number of rotatable bonds is 4. The van der Waals surface area contributed by atoms with Crippen LogP contribution in [0.5, 0.6) is 0 Å². The van der Waals surface area contributed by atoms with Gasteiger partial charge < -0.3 is 10.4 Å². The lowest BCUT2D eigenvalue weighted by atomic mass is 10.0. The Balaban J connectivity index is 1.92. The molecule has 2 aromatic rings. The van der Waals surface area contributed by atoms with Gasteiger partial charge in [-0.3, -0.25) is 4.79 Å². The third kappa shape index (κ3) is 3.31. The van der Waals surface area contributed by atoms with E-state index in [1.165, 1.54) is 10.7 Å². The number of carboxylic acid groups (broad SMARTS) is 1. The Labute approximate surface area is 133 Å². The van der Waals surface area contributed by atoms with Crippen molar-refractivity contribution >= 4 is 11.9 Å². The van der Waals surface area contributed by atoms with Gasteiger partial charge in [0.05, 0.1) is 5.69 Å². The van der Waals surface area contributed by atoms with Gasteiger partial charge in [0.15, 0.2) is 5.69 Å². The molecule has 23 heavy (non-hydrogen) atoms. The Kier molecular flexibility index (Phi) is 4.23. The number of benzene rings is 1. The number of hydrogen-bond acceptors (Lipinski definition) is 3. The number of carbonyl (C=O) groups excluding carboxylic acids is 1. The zero-order valence-electron chi connectivity index (χ0n) is 12.5. The summed E-state index contributed by atoms with van der Waals surface area (Å²) >= 11 is 0. The van der Waals surface area contributed by atoms with Crippen LogP contribution in [-0.4, -0.2) is 32.8 Å². The van der Waals surface area contributed by atoms with Crippen LogP contribution in [-0.2, 0) is 0 Å². The van der Waals surface area contributed by atoms with Crippen molar-refractivity contribution in [3.63, 3.8) is 0 Å². The van der Waals surface area contributed by atoms with E-state index in [4.69, 9.17) is 5.11 Å². The van der Waals surface area contributed by atoms with Gasteiger partial charge >= 0.3 is 5.97 Å². The van der Waals surface area contributed by atoms with Crippen LogP contribution in [0.1, 0.15) is 40.2 Å². The van der Waals surface area contributed by atoms with Gasteiger partial charge in [0.25, 0.3) is 5.91 Å². The Morgan fingerprint density at radius 3 is 2.65 bits per heavy atom. The molecule has 0 fully saturated rings. The van der Waals surface area contributed by atoms with Gasteiger partial charge in [0, 0.05) is 12.1 Å². The van der Waals surface area contributed by atoms with E-state index < -0.39 is 5.97 Å². The van der Waals surface area contributed by atoms with Crippen molar-refractivity contribution in [1.29, 1.82) is 0 Å². The van der Waals surface area contributed by atoms with E-state index in [1.54, 1.807) is 12.1 Å². The largest absolute Gasteiger partial charge is 0.476 e. The molecule has 0 saturated heterocycles. The highest BCUT2D eigenvalue weighted by atomic mass is 16.4. The summed E-state index contributed by atoms with van der Waals surface area (Å²) in [5.41, 5.74) is 0.722. The van der Waals surface area contributed by atoms with E-state index in [0.29, 0.717) is 5.69 Å². The van der Waals surface area contributed by atoms with E-state index in [-0.39, 0.29) is 23.3 Å². The van der Waals surface area contributed by atoms with Crippen LogP contribution < -0.4 is 5.32 Å². The van der Waals surface area contributed by atoms with Crippen LogP contribution in [0.15, 0.2) is 48.6 Å². The normalized spacial score (nSPS) is 17.0. The molecule has 118 valence electrons. The van der Waals surface area contributed by atoms with Crippen LogP contribution in [0.4, 0.5) is 0 Å². The molecule has 1 amide bonds. The smallest absolute Gasteiger partial charge is 0.356 e. The lowest BCUT2D eigenvalue weighted by molar-refractivity contribution is 0.0689. The third-order valence-electron chi connectivity index (χ3n) is 3.77. The fourth-order valence-electron chi connectivity index (χ4n) is 2.60. The van der Waals surface area contributed by atoms with Crippen LogP contribution >= 0.6 is 0 Å². The summed E-state index contributed by atoms with van der Waals surface area (Å²) in [6.07, 6.45) is 6.75. The SMILES string of the molecule is O=C(O)c1cc(C(=O)N[C@@H]2CC=CCC2)n(-c2ccccc2)n1. The maximum Gasteiger partial charge on any atom is 0.356 e. The highest BCUT2D eigenvalue weighted by Crippen LogP contribution is 2.15. The van der Waals surface area contributed by atoms with Gasteiger partial charge in [-0.1, -0.05) is 30.4 Å². The molecular weight excluding hydrogens is 294 g/mol. The number of nitrogens with zero attached hydrogens (tertiary/aromatic N) is 2. The number of aromatic carboxylic acids is 1. The molecule has 1 heterocycles. The molecule has 6 nitrogen and oxygen atoms in total. The molecule has 1 aliphatic rings. The number of nitrogens with one attached hydrogen (secondary N) is 1. The molecule has 1 aromatic carbocycles. The van der Waals surface area contributed by atoms with Crippen molar-refractivity contribution < 1.29 is 14.7 Å². The van der Waals surface area contributed by atoms with Gasteiger partial charge in [-0.05, 0) is 31.4 Å². The summed E-state index contributed by atoms with van der Waals surface area (Å²) in [5, 5.41) is 16.1. The van der Waals surface area contributed by atoms with Gasteiger partial charge in [-0.15, -0.1) is 0 Å². The predicted molar refractivity (Wildman–Crippen MR) is 84.8 cm³/mol. The summed E-state index contributed by atoms with van der Waals surface area (Å²) in [4.78, 5) is 23.7.